The summed E-state index contributed by atoms with van der Waals surface area (Å²) < 4.78 is 37.4. The molecule has 0 unspecified atom stereocenters. The van der Waals surface area contributed by atoms with Crippen LogP contribution in [0.25, 0.3) is 0 Å². The number of benzene rings is 1. The molecule has 7 nitrogen and oxygen atoms in total. The molecule has 1 N–H and O–H groups in total. The zero-order chi connectivity index (χ0) is 19.2. The fraction of sp³-hybridized carbons (Fsp3) is 0.588. The molecule has 1 aromatic rings. The van der Waals surface area contributed by atoms with Crippen molar-refractivity contribution < 1.29 is 22.7 Å². The largest absolute Gasteiger partial charge is 0.379 e. The highest BCUT2D eigenvalue weighted by Gasteiger charge is 2.27. The molecule has 0 radical (unpaired) electrons. The highest BCUT2D eigenvalue weighted by molar-refractivity contribution is 7.89. The Bertz CT molecular complexity index is 718. The number of rotatable bonds is 8. The summed E-state index contributed by atoms with van der Waals surface area (Å²) in [4.78, 5) is 12.4. The first-order valence-electron chi connectivity index (χ1n) is 8.59. The van der Waals surface area contributed by atoms with Crippen LogP contribution in [0.15, 0.2) is 23.1 Å². The lowest BCUT2D eigenvalue weighted by atomic mass is 10.2. The fourth-order valence-electron chi connectivity index (χ4n) is 2.46. The van der Waals surface area contributed by atoms with Crippen LogP contribution in [0.1, 0.15) is 30.6 Å². The Balaban J connectivity index is 2.05. The minimum absolute atomic E-state index is 0.0529. The molecule has 0 aliphatic carbocycles. The number of carbonyl (C=O) groups is 1. The van der Waals surface area contributed by atoms with Crippen molar-refractivity contribution in [2.24, 2.45) is 0 Å². The van der Waals surface area contributed by atoms with Crippen LogP contribution in [0.3, 0.4) is 0 Å². The van der Waals surface area contributed by atoms with Gasteiger partial charge in [0.15, 0.2) is 0 Å². The number of nitrogens with zero attached hydrogens (tertiary/aromatic N) is 1. The topological polar surface area (TPSA) is 84.9 Å². The molecule has 0 atom stereocenters. The Morgan fingerprint density at radius 1 is 1.35 bits per heavy atom. The summed E-state index contributed by atoms with van der Waals surface area (Å²) in [7, 11) is -3.68. The van der Waals surface area contributed by atoms with Crippen LogP contribution < -0.4 is 5.32 Å². The molecule has 1 aromatic carbocycles. The van der Waals surface area contributed by atoms with E-state index in [0.717, 1.165) is 0 Å². The monoisotopic (exact) mass is 404 g/mol. The maximum atomic E-state index is 12.7. The quantitative estimate of drug-likeness (QED) is 0.669. The summed E-state index contributed by atoms with van der Waals surface area (Å²) in [5.41, 5.74) is 0.144. The summed E-state index contributed by atoms with van der Waals surface area (Å²) in [5, 5.41) is 2.95. The number of sulfonamides is 1. The van der Waals surface area contributed by atoms with E-state index in [1.54, 1.807) is 0 Å². The highest BCUT2D eigenvalue weighted by atomic mass is 35.5. The molecule has 0 bridgehead atoms. The van der Waals surface area contributed by atoms with Crippen molar-refractivity contribution in [1.29, 1.82) is 0 Å². The molecule has 0 saturated carbocycles. The van der Waals surface area contributed by atoms with E-state index in [1.165, 1.54) is 22.5 Å². The van der Waals surface area contributed by atoms with Gasteiger partial charge in [0.05, 0.1) is 34.8 Å². The number of ether oxygens (including phenoxy) is 2. The molecule has 1 heterocycles. The van der Waals surface area contributed by atoms with E-state index in [2.05, 4.69) is 5.32 Å². The lowest BCUT2D eigenvalue weighted by Crippen LogP contribution is -2.40. The van der Waals surface area contributed by atoms with Gasteiger partial charge in [0, 0.05) is 26.2 Å². The number of amides is 1. The Kier molecular flexibility index (Phi) is 7.85. The summed E-state index contributed by atoms with van der Waals surface area (Å²) in [5.74, 6) is -0.404. The molecule has 26 heavy (non-hydrogen) atoms. The van der Waals surface area contributed by atoms with Gasteiger partial charge < -0.3 is 14.8 Å². The predicted octanol–water partition coefficient (Wildman–Crippen LogP) is 1.91. The smallest absolute Gasteiger partial charge is 0.252 e. The molecular formula is C17H25ClN2O5S. The van der Waals surface area contributed by atoms with Crippen LogP contribution in [-0.2, 0) is 19.5 Å². The molecule has 146 valence electrons. The van der Waals surface area contributed by atoms with E-state index in [4.69, 9.17) is 21.1 Å². The average Bonchev–Trinajstić information content (AvgIpc) is 2.62. The minimum Gasteiger partial charge on any atom is -0.379 e. The Morgan fingerprint density at radius 3 is 2.69 bits per heavy atom. The maximum absolute atomic E-state index is 12.7. The molecule has 9 heteroatoms. The van der Waals surface area contributed by atoms with E-state index < -0.39 is 15.9 Å². The Hall–Kier alpha value is -1.19. The average molecular weight is 405 g/mol. The second kappa shape index (κ2) is 9.66. The zero-order valence-electron chi connectivity index (χ0n) is 15.0. The third-order valence-corrected chi connectivity index (χ3v) is 6.07. The van der Waals surface area contributed by atoms with Gasteiger partial charge in [-0.25, -0.2) is 8.42 Å². The second-order valence-electron chi connectivity index (χ2n) is 6.19. The van der Waals surface area contributed by atoms with Crippen LogP contribution >= 0.6 is 11.6 Å². The first kappa shape index (κ1) is 21.1. The SMILES string of the molecule is CC(C)OCCCNC(=O)c1cc(S(=O)(=O)N2CCOCC2)ccc1Cl. The minimum atomic E-state index is -3.68. The van der Waals surface area contributed by atoms with Gasteiger partial charge in [-0.1, -0.05) is 11.6 Å². The van der Waals surface area contributed by atoms with E-state index in [-0.39, 0.29) is 21.6 Å². The number of carbonyl (C=O) groups excluding carboxylic acids is 1. The molecule has 1 fully saturated rings. The third kappa shape index (κ3) is 5.65. The van der Waals surface area contributed by atoms with Crippen molar-refractivity contribution in [2.45, 2.75) is 31.3 Å². The van der Waals surface area contributed by atoms with Gasteiger partial charge in [-0.3, -0.25) is 4.79 Å². The van der Waals surface area contributed by atoms with Crippen molar-refractivity contribution >= 4 is 27.5 Å². The van der Waals surface area contributed by atoms with E-state index in [1.807, 2.05) is 13.8 Å². The summed E-state index contributed by atoms with van der Waals surface area (Å²) >= 11 is 6.09. The second-order valence-corrected chi connectivity index (χ2v) is 8.53. The van der Waals surface area contributed by atoms with Gasteiger partial charge in [-0.05, 0) is 38.5 Å². The third-order valence-electron chi connectivity index (χ3n) is 3.85. The van der Waals surface area contributed by atoms with Crippen LogP contribution in [0.2, 0.25) is 5.02 Å². The van der Waals surface area contributed by atoms with Gasteiger partial charge in [0.25, 0.3) is 5.91 Å². The molecule has 1 aliphatic rings. The maximum Gasteiger partial charge on any atom is 0.252 e. The first-order chi connectivity index (χ1) is 12.3. The summed E-state index contributed by atoms with van der Waals surface area (Å²) in [6.45, 7) is 6.15. The van der Waals surface area contributed by atoms with Crippen molar-refractivity contribution in [3.63, 3.8) is 0 Å². The Morgan fingerprint density at radius 2 is 2.04 bits per heavy atom. The van der Waals surface area contributed by atoms with Crippen molar-refractivity contribution in [2.75, 3.05) is 39.5 Å². The fourth-order valence-corrected chi connectivity index (χ4v) is 4.10. The number of hydrogen-bond donors (Lipinski definition) is 1. The van der Waals surface area contributed by atoms with Crippen molar-refractivity contribution in [3.05, 3.63) is 28.8 Å². The molecule has 2 rings (SSSR count). The van der Waals surface area contributed by atoms with Gasteiger partial charge in [0.2, 0.25) is 10.0 Å². The standard InChI is InChI=1S/C17H25ClN2O5S/c1-13(2)25-9-3-6-19-17(21)15-12-14(4-5-16(15)18)26(22,23)20-7-10-24-11-8-20/h4-5,12-13H,3,6-11H2,1-2H3,(H,19,21). The number of halogens is 1. The van der Waals surface area contributed by atoms with Crippen LogP contribution in [0, 0.1) is 0 Å². The molecule has 1 amide bonds. The molecule has 1 saturated heterocycles. The molecule has 0 spiro atoms. The predicted molar refractivity (Wildman–Crippen MR) is 99.1 cm³/mol. The molecule has 0 aromatic heterocycles. The normalized spacial score (nSPS) is 16.0. The molecular weight excluding hydrogens is 380 g/mol. The lowest BCUT2D eigenvalue weighted by molar-refractivity contribution is 0.0730. The lowest BCUT2D eigenvalue weighted by Gasteiger charge is -2.26. The van der Waals surface area contributed by atoms with Crippen molar-refractivity contribution in [1.82, 2.24) is 9.62 Å². The van der Waals surface area contributed by atoms with Crippen LogP contribution in [0.4, 0.5) is 0 Å². The number of nitrogens with one attached hydrogen (secondary N) is 1. The first-order valence-corrected chi connectivity index (χ1v) is 10.4. The van der Waals surface area contributed by atoms with Gasteiger partial charge in [-0.2, -0.15) is 4.31 Å². The summed E-state index contributed by atoms with van der Waals surface area (Å²) in [6, 6.07) is 4.18. The summed E-state index contributed by atoms with van der Waals surface area (Å²) in [6.07, 6.45) is 0.801. The highest BCUT2D eigenvalue weighted by Crippen LogP contribution is 2.23. The van der Waals surface area contributed by atoms with Gasteiger partial charge in [-0.15, -0.1) is 0 Å². The van der Waals surface area contributed by atoms with E-state index in [9.17, 15) is 13.2 Å². The van der Waals surface area contributed by atoms with E-state index in [0.29, 0.717) is 45.9 Å². The Labute approximate surface area is 159 Å². The van der Waals surface area contributed by atoms with Gasteiger partial charge >= 0.3 is 0 Å². The number of hydrogen-bond acceptors (Lipinski definition) is 5. The van der Waals surface area contributed by atoms with Gasteiger partial charge in [0.1, 0.15) is 0 Å². The van der Waals surface area contributed by atoms with E-state index >= 15 is 0 Å². The van der Waals surface area contributed by atoms with Crippen LogP contribution in [-0.4, -0.2) is 64.2 Å². The molecule has 1 aliphatic heterocycles. The number of morpholine rings is 1. The van der Waals surface area contributed by atoms with Crippen molar-refractivity contribution in [3.8, 4) is 0 Å². The van der Waals surface area contributed by atoms with Crippen LogP contribution in [0.5, 0.6) is 0 Å². The zero-order valence-corrected chi connectivity index (χ0v) is 16.6.